The van der Waals surface area contributed by atoms with E-state index < -0.39 is 20.5 Å². The first-order valence-corrected chi connectivity index (χ1v) is 11.7. The van der Waals surface area contributed by atoms with Crippen LogP contribution in [0.4, 0.5) is 14.5 Å². The van der Waals surface area contributed by atoms with Crippen LogP contribution in [0.2, 0.25) is 0 Å². The smallest absolute Gasteiger partial charge is 0.325 e. The summed E-state index contributed by atoms with van der Waals surface area (Å²) in [4.78, 5) is 22.7. The van der Waals surface area contributed by atoms with Gasteiger partial charge in [-0.1, -0.05) is 11.8 Å². The molecule has 0 bridgehead atoms. The molecule has 0 spiro atoms. The van der Waals surface area contributed by atoms with Gasteiger partial charge in [-0.3, -0.25) is 4.79 Å². The molecule has 0 aliphatic rings. The van der Waals surface area contributed by atoms with Gasteiger partial charge in [0.15, 0.2) is 0 Å². The minimum Gasteiger partial charge on any atom is -0.325 e. The number of benzene rings is 1. The third-order valence-electron chi connectivity index (χ3n) is 4.15. The number of halogens is 2. The van der Waals surface area contributed by atoms with Crippen LogP contribution in [0.15, 0.2) is 34.2 Å². The maximum Gasteiger partial charge on any atom is 0.341 e. The molecule has 1 N–H and O–H groups in total. The maximum atomic E-state index is 12.6. The quantitative estimate of drug-likeness (QED) is 0.437. The Morgan fingerprint density at radius 2 is 1.83 bits per heavy atom. The number of nitrogens with one attached hydrogen (secondary N) is 1. The molecule has 0 unspecified atom stereocenters. The number of alkyl halides is 2. The van der Waals surface area contributed by atoms with Gasteiger partial charge in [0.1, 0.15) is 15.7 Å². The molecular weight excluding hydrogens is 440 g/mol. The fourth-order valence-electron chi connectivity index (χ4n) is 2.58. The van der Waals surface area contributed by atoms with Crippen molar-refractivity contribution in [3.63, 3.8) is 0 Å². The van der Waals surface area contributed by atoms with Crippen LogP contribution in [0.5, 0.6) is 0 Å². The zero-order valence-corrected chi connectivity index (χ0v) is 18.1. The van der Waals surface area contributed by atoms with Gasteiger partial charge in [-0.25, -0.2) is 18.4 Å². The van der Waals surface area contributed by atoms with Crippen molar-refractivity contribution in [1.29, 1.82) is 0 Å². The monoisotopic (exact) mass is 457 g/mol. The third-order valence-corrected chi connectivity index (χ3v) is 7.62. The molecule has 1 amide bonds. The Labute approximate surface area is 174 Å². The fraction of sp³-hybridized carbons (Fsp3) is 0.278. The van der Waals surface area contributed by atoms with Gasteiger partial charge in [0, 0.05) is 16.0 Å². The van der Waals surface area contributed by atoms with Crippen molar-refractivity contribution in [2.24, 2.45) is 0 Å². The molecule has 3 rings (SSSR count). The molecule has 0 fully saturated rings. The van der Waals surface area contributed by atoms with Crippen LogP contribution >= 0.6 is 23.1 Å². The average molecular weight is 458 g/mol. The standard InChI is InChI=1S/C18H17F2N3O3S3/c1-9-10(2)28-17-15(9)16(21-11(3)22-17)27-8-14(24)23-12-4-6-13(7-5-12)29(25,26)18(19)20/h4-7,18H,8H2,1-3H3,(H,23,24). The third kappa shape index (κ3) is 4.57. The SMILES string of the molecule is Cc1nc(SCC(=O)Nc2ccc(S(=O)(=O)C(F)F)cc2)c2c(C)c(C)sc2n1. The van der Waals surface area contributed by atoms with Crippen molar-refractivity contribution < 1.29 is 22.0 Å². The molecule has 2 aromatic heterocycles. The summed E-state index contributed by atoms with van der Waals surface area (Å²) < 4.78 is 48.0. The van der Waals surface area contributed by atoms with E-state index in [0.717, 1.165) is 37.8 Å². The zero-order chi connectivity index (χ0) is 21.3. The molecular formula is C18H17F2N3O3S3. The number of rotatable bonds is 6. The molecule has 0 aliphatic heterocycles. The number of sulfone groups is 1. The van der Waals surface area contributed by atoms with Crippen LogP contribution in [0.1, 0.15) is 16.3 Å². The summed E-state index contributed by atoms with van der Waals surface area (Å²) in [5, 5.41) is 4.29. The van der Waals surface area contributed by atoms with Gasteiger partial charge in [-0.05, 0) is 50.6 Å². The van der Waals surface area contributed by atoms with E-state index in [0.29, 0.717) is 11.5 Å². The number of amides is 1. The van der Waals surface area contributed by atoms with Crippen LogP contribution in [0, 0.1) is 20.8 Å². The minimum absolute atomic E-state index is 0.0803. The molecule has 6 nitrogen and oxygen atoms in total. The largest absolute Gasteiger partial charge is 0.341 e. The number of aryl methyl sites for hydroxylation is 3. The molecule has 11 heteroatoms. The molecule has 0 saturated carbocycles. The maximum absolute atomic E-state index is 12.6. The Bertz CT molecular complexity index is 1180. The Balaban J connectivity index is 1.70. The summed E-state index contributed by atoms with van der Waals surface area (Å²) in [7, 11) is -4.66. The molecule has 0 aliphatic carbocycles. The molecule has 3 aromatic rings. The number of hydrogen-bond acceptors (Lipinski definition) is 7. The number of carbonyl (C=O) groups excluding carboxylic acids is 1. The van der Waals surface area contributed by atoms with E-state index in [9.17, 15) is 22.0 Å². The summed E-state index contributed by atoms with van der Waals surface area (Å²) in [5.41, 5.74) is 1.40. The number of thiophene rings is 1. The molecule has 0 atom stereocenters. The summed E-state index contributed by atoms with van der Waals surface area (Å²) in [6.45, 7) is 5.80. The highest BCUT2D eigenvalue weighted by molar-refractivity contribution is 8.00. The Hall–Kier alpha value is -2.11. The first-order chi connectivity index (χ1) is 13.6. The van der Waals surface area contributed by atoms with Gasteiger partial charge in [-0.15, -0.1) is 11.3 Å². The van der Waals surface area contributed by atoms with E-state index in [2.05, 4.69) is 15.3 Å². The first kappa shape index (κ1) is 21.6. The van der Waals surface area contributed by atoms with Crippen LogP contribution < -0.4 is 5.32 Å². The van der Waals surface area contributed by atoms with Gasteiger partial charge < -0.3 is 5.32 Å². The topological polar surface area (TPSA) is 89.0 Å². The lowest BCUT2D eigenvalue weighted by molar-refractivity contribution is -0.113. The normalized spacial score (nSPS) is 11.9. The number of anilines is 1. The lowest BCUT2D eigenvalue weighted by Crippen LogP contribution is -2.15. The number of aromatic nitrogens is 2. The lowest BCUT2D eigenvalue weighted by atomic mass is 10.2. The van der Waals surface area contributed by atoms with Crippen LogP contribution in [-0.2, 0) is 14.6 Å². The van der Waals surface area contributed by atoms with Crippen molar-refractivity contribution >= 4 is 54.7 Å². The molecule has 154 valence electrons. The Morgan fingerprint density at radius 3 is 2.45 bits per heavy atom. The molecule has 0 saturated heterocycles. The van der Waals surface area contributed by atoms with Crippen molar-refractivity contribution in [2.75, 3.05) is 11.1 Å². The Morgan fingerprint density at radius 1 is 1.17 bits per heavy atom. The second kappa shape index (κ2) is 8.33. The predicted molar refractivity (Wildman–Crippen MR) is 111 cm³/mol. The second-order valence-corrected chi connectivity index (χ2v) is 10.3. The van der Waals surface area contributed by atoms with E-state index in [1.807, 2.05) is 13.8 Å². The van der Waals surface area contributed by atoms with E-state index >= 15 is 0 Å². The minimum atomic E-state index is -4.66. The van der Waals surface area contributed by atoms with Gasteiger partial charge in [0.2, 0.25) is 15.7 Å². The van der Waals surface area contributed by atoms with E-state index in [-0.39, 0.29) is 11.7 Å². The average Bonchev–Trinajstić information content (AvgIpc) is 2.93. The number of hydrogen-bond donors (Lipinski definition) is 1. The Kier molecular flexibility index (Phi) is 6.20. The van der Waals surface area contributed by atoms with Gasteiger partial charge in [-0.2, -0.15) is 8.78 Å². The van der Waals surface area contributed by atoms with Crippen molar-refractivity contribution in [2.45, 2.75) is 36.5 Å². The highest BCUT2D eigenvalue weighted by Crippen LogP contribution is 2.35. The second-order valence-electron chi connectivity index (χ2n) is 6.21. The van der Waals surface area contributed by atoms with Gasteiger partial charge in [0.25, 0.3) is 0 Å². The van der Waals surface area contributed by atoms with Crippen molar-refractivity contribution in [3.8, 4) is 0 Å². The van der Waals surface area contributed by atoms with Crippen molar-refractivity contribution in [1.82, 2.24) is 9.97 Å². The van der Waals surface area contributed by atoms with E-state index in [4.69, 9.17) is 0 Å². The molecule has 29 heavy (non-hydrogen) atoms. The number of carbonyl (C=O) groups is 1. The highest BCUT2D eigenvalue weighted by atomic mass is 32.2. The van der Waals surface area contributed by atoms with Crippen molar-refractivity contribution in [3.05, 3.63) is 40.5 Å². The van der Waals surface area contributed by atoms with Crippen LogP contribution in [-0.4, -0.2) is 35.8 Å². The summed E-state index contributed by atoms with van der Waals surface area (Å²) >= 11 is 2.86. The van der Waals surface area contributed by atoms with E-state index in [1.54, 1.807) is 18.3 Å². The van der Waals surface area contributed by atoms with Crippen LogP contribution in [0.3, 0.4) is 0 Å². The van der Waals surface area contributed by atoms with Gasteiger partial charge >= 0.3 is 5.76 Å². The number of fused-ring (bicyclic) bond motifs is 1. The molecule has 2 heterocycles. The summed E-state index contributed by atoms with van der Waals surface area (Å²) in [6, 6.07) is 4.63. The number of thioether (sulfide) groups is 1. The highest BCUT2D eigenvalue weighted by Gasteiger charge is 2.26. The molecule has 0 radical (unpaired) electrons. The predicted octanol–water partition coefficient (Wildman–Crippen LogP) is 4.34. The van der Waals surface area contributed by atoms with Gasteiger partial charge in [0.05, 0.1) is 10.6 Å². The van der Waals surface area contributed by atoms with E-state index in [1.165, 1.54) is 23.9 Å². The fourth-order valence-corrected chi connectivity index (χ4v) is 5.37. The zero-order valence-electron chi connectivity index (χ0n) is 15.7. The number of nitrogens with zero attached hydrogens (tertiary/aromatic N) is 2. The summed E-state index contributed by atoms with van der Waals surface area (Å²) in [5.74, 6) is -3.11. The lowest BCUT2D eigenvalue weighted by Gasteiger charge is -2.08. The first-order valence-electron chi connectivity index (χ1n) is 8.38. The summed E-state index contributed by atoms with van der Waals surface area (Å²) in [6.07, 6.45) is 0. The molecule has 1 aromatic carbocycles. The van der Waals surface area contributed by atoms with Crippen LogP contribution in [0.25, 0.3) is 10.2 Å².